The van der Waals surface area contributed by atoms with Gasteiger partial charge in [-0.3, -0.25) is 4.68 Å². The first-order valence-electron chi connectivity index (χ1n) is 6.85. The summed E-state index contributed by atoms with van der Waals surface area (Å²) in [5.41, 5.74) is 7.06. The number of nitrogens with two attached hydrogens (primary N) is 1. The second-order valence-electron chi connectivity index (χ2n) is 4.91. The first-order chi connectivity index (χ1) is 10.2. The van der Waals surface area contributed by atoms with Gasteiger partial charge in [-0.1, -0.05) is 18.2 Å². The van der Waals surface area contributed by atoms with E-state index in [-0.39, 0.29) is 6.04 Å². The molecule has 0 aliphatic carbocycles. The number of hydrogen-bond donors (Lipinski definition) is 2. The molecule has 0 amide bonds. The normalized spacial score (nSPS) is 18.0. The number of fused-ring (bicyclic) bond motifs is 1. The van der Waals surface area contributed by atoms with E-state index < -0.39 is 0 Å². The number of aryl methyl sites for hydroxylation is 1. The highest BCUT2D eigenvalue weighted by molar-refractivity contribution is 5.78. The lowest BCUT2D eigenvalue weighted by atomic mass is 10.0. The van der Waals surface area contributed by atoms with Crippen molar-refractivity contribution in [1.82, 2.24) is 20.1 Å². The van der Waals surface area contributed by atoms with E-state index in [4.69, 9.17) is 10.5 Å². The number of para-hydroxylation sites is 1. The molecule has 2 aromatic rings. The van der Waals surface area contributed by atoms with Crippen LogP contribution in [0.25, 0.3) is 0 Å². The molecule has 0 saturated heterocycles. The van der Waals surface area contributed by atoms with E-state index in [0.717, 1.165) is 17.7 Å². The maximum atomic E-state index is 5.95. The highest BCUT2D eigenvalue weighted by Crippen LogP contribution is 2.31. The third-order valence-electron chi connectivity index (χ3n) is 3.32. The molecular weight excluding hydrogens is 268 g/mol. The summed E-state index contributed by atoms with van der Waals surface area (Å²) in [7, 11) is 1.82. The topological polar surface area (TPSA) is 90.4 Å². The number of hydrogen-bond acceptors (Lipinski definition) is 4. The van der Waals surface area contributed by atoms with Crippen LogP contribution in [0.1, 0.15) is 23.9 Å². The van der Waals surface area contributed by atoms with Crippen LogP contribution in [0.15, 0.2) is 35.6 Å². The predicted molar refractivity (Wildman–Crippen MR) is 78.8 cm³/mol. The molecular formula is C14H18N6O. The summed E-state index contributed by atoms with van der Waals surface area (Å²) >= 11 is 0. The van der Waals surface area contributed by atoms with Gasteiger partial charge in [-0.15, -0.1) is 0 Å². The molecule has 110 valence electrons. The van der Waals surface area contributed by atoms with Gasteiger partial charge in [0.15, 0.2) is 11.8 Å². The van der Waals surface area contributed by atoms with Crippen LogP contribution >= 0.6 is 0 Å². The van der Waals surface area contributed by atoms with Gasteiger partial charge in [0.1, 0.15) is 18.6 Å². The summed E-state index contributed by atoms with van der Waals surface area (Å²) in [5.74, 6) is 1.94. The highest BCUT2D eigenvalue weighted by atomic mass is 16.5. The van der Waals surface area contributed by atoms with E-state index in [1.54, 1.807) is 11.0 Å². The van der Waals surface area contributed by atoms with E-state index in [1.165, 1.54) is 0 Å². The third-order valence-corrected chi connectivity index (χ3v) is 3.32. The van der Waals surface area contributed by atoms with Crippen molar-refractivity contribution in [3.8, 4) is 5.75 Å². The molecule has 3 rings (SSSR count). The van der Waals surface area contributed by atoms with E-state index in [0.29, 0.717) is 24.9 Å². The highest BCUT2D eigenvalue weighted by Gasteiger charge is 2.21. The standard InChI is InChI=1S/C14H18N6O/c1-20-9-17-13(19-20)8-16-14(15)18-11-6-7-21-12-5-3-2-4-10(11)12/h2-5,9,11H,6-8H2,1H3,(H3,15,16,18). The van der Waals surface area contributed by atoms with Crippen LogP contribution in [0.5, 0.6) is 5.75 Å². The Kier molecular flexibility index (Phi) is 3.72. The molecule has 1 atom stereocenters. The summed E-state index contributed by atoms with van der Waals surface area (Å²) in [5, 5.41) is 7.40. The Bertz CT molecular complexity index is 650. The molecule has 7 nitrogen and oxygen atoms in total. The fourth-order valence-electron chi connectivity index (χ4n) is 2.33. The Morgan fingerprint density at radius 2 is 2.38 bits per heavy atom. The molecule has 2 heterocycles. The van der Waals surface area contributed by atoms with Gasteiger partial charge >= 0.3 is 0 Å². The van der Waals surface area contributed by atoms with Gasteiger partial charge in [-0.2, -0.15) is 5.10 Å². The van der Waals surface area contributed by atoms with E-state index >= 15 is 0 Å². The van der Waals surface area contributed by atoms with Crippen LogP contribution in [-0.4, -0.2) is 27.3 Å². The van der Waals surface area contributed by atoms with Crippen molar-refractivity contribution >= 4 is 5.96 Å². The Morgan fingerprint density at radius 1 is 1.52 bits per heavy atom. The molecule has 0 saturated carbocycles. The lowest BCUT2D eigenvalue weighted by molar-refractivity contribution is 0.262. The Hall–Kier alpha value is -2.57. The number of benzene rings is 1. The van der Waals surface area contributed by atoms with Gasteiger partial charge in [0, 0.05) is 19.0 Å². The summed E-state index contributed by atoms with van der Waals surface area (Å²) in [6.07, 6.45) is 2.50. The molecule has 1 unspecified atom stereocenters. The summed E-state index contributed by atoms with van der Waals surface area (Å²) in [6.45, 7) is 1.04. The van der Waals surface area contributed by atoms with Gasteiger partial charge in [-0.05, 0) is 6.07 Å². The Morgan fingerprint density at radius 3 is 3.19 bits per heavy atom. The largest absolute Gasteiger partial charge is 0.493 e. The molecule has 1 aliphatic rings. The van der Waals surface area contributed by atoms with E-state index in [9.17, 15) is 0 Å². The van der Waals surface area contributed by atoms with Crippen LogP contribution in [0.2, 0.25) is 0 Å². The van der Waals surface area contributed by atoms with Crippen molar-refractivity contribution in [1.29, 1.82) is 0 Å². The lowest BCUT2D eigenvalue weighted by Gasteiger charge is -2.26. The molecule has 7 heteroatoms. The van der Waals surface area contributed by atoms with Crippen LogP contribution < -0.4 is 15.8 Å². The quantitative estimate of drug-likeness (QED) is 0.641. The van der Waals surface area contributed by atoms with Crippen LogP contribution in [0, 0.1) is 0 Å². The zero-order valence-electron chi connectivity index (χ0n) is 11.9. The number of aliphatic imine (C=N–C) groups is 1. The number of rotatable bonds is 3. The average molecular weight is 286 g/mol. The van der Waals surface area contributed by atoms with Crippen molar-refractivity contribution in [3.63, 3.8) is 0 Å². The van der Waals surface area contributed by atoms with Crippen molar-refractivity contribution < 1.29 is 4.74 Å². The zero-order valence-corrected chi connectivity index (χ0v) is 11.9. The first kappa shape index (κ1) is 13.4. The first-order valence-corrected chi connectivity index (χ1v) is 6.85. The molecule has 21 heavy (non-hydrogen) atoms. The van der Waals surface area contributed by atoms with Gasteiger partial charge in [-0.25, -0.2) is 9.98 Å². The zero-order chi connectivity index (χ0) is 14.7. The molecule has 1 aliphatic heterocycles. The van der Waals surface area contributed by atoms with Crippen LogP contribution in [-0.2, 0) is 13.6 Å². The lowest BCUT2D eigenvalue weighted by Crippen LogP contribution is -2.37. The molecule has 0 spiro atoms. The van der Waals surface area contributed by atoms with E-state index in [2.05, 4.69) is 20.4 Å². The van der Waals surface area contributed by atoms with Crippen LogP contribution in [0.3, 0.4) is 0 Å². The van der Waals surface area contributed by atoms with Gasteiger partial charge < -0.3 is 15.8 Å². The van der Waals surface area contributed by atoms with Crippen LogP contribution in [0.4, 0.5) is 0 Å². The minimum Gasteiger partial charge on any atom is -0.493 e. The summed E-state index contributed by atoms with van der Waals surface area (Å²) < 4.78 is 7.27. The minimum atomic E-state index is 0.121. The van der Waals surface area contributed by atoms with Crippen molar-refractivity contribution in [3.05, 3.63) is 42.0 Å². The molecule has 0 fully saturated rings. The maximum Gasteiger partial charge on any atom is 0.189 e. The van der Waals surface area contributed by atoms with Crippen molar-refractivity contribution in [2.75, 3.05) is 6.61 Å². The number of guanidine groups is 1. The fourth-order valence-corrected chi connectivity index (χ4v) is 2.33. The number of nitrogens with one attached hydrogen (secondary N) is 1. The molecule has 0 radical (unpaired) electrons. The monoisotopic (exact) mass is 286 g/mol. The van der Waals surface area contributed by atoms with Gasteiger partial charge in [0.05, 0.1) is 12.6 Å². The maximum absolute atomic E-state index is 5.95. The molecule has 0 bridgehead atoms. The summed E-state index contributed by atoms with van der Waals surface area (Å²) in [4.78, 5) is 8.39. The van der Waals surface area contributed by atoms with Gasteiger partial charge in [0.2, 0.25) is 0 Å². The second-order valence-corrected chi connectivity index (χ2v) is 4.91. The average Bonchev–Trinajstić information content (AvgIpc) is 2.91. The molecule has 3 N–H and O–H groups in total. The van der Waals surface area contributed by atoms with Crippen molar-refractivity contribution in [2.24, 2.45) is 17.8 Å². The van der Waals surface area contributed by atoms with Gasteiger partial charge in [0.25, 0.3) is 0 Å². The fraction of sp³-hybridized carbons (Fsp3) is 0.357. The SMILES string of the molecule is Cn1cnc(CN=C(N)NC2CCOc3ccccc32)n1. The number of ether oxygens (including phenoxy) is 1. The Labute approximate surface area is 122 Å². The second kappa shape index (κ2) is 5.82. The predicted octanol–water partition coefficient (Wildman–Crippen LogP) is 0.743. The third kappa shape index (κ3) is 3.13. The van der Waals surface area contributed by atoms with Crippen molar-refractivity contribution in [2.45, 2.75) is 19.0 Å². The number of nitrogens with zero attached hydrogens (tertiary/aromatic N) is 4. The molecule has 1 aromatic carbocycles. The minimum absolute atomic E-state index is 0.121. The molecule has 1 aromatic heterocycles. The number of aromatic nitrogens is 3. The van der Waals surface area contributed by atoms with E-state index in [1.807, 2.05) is 31.3 Å². The Balaban J connectivity index is 1.66. The summed E-state index contributed by atoms with van der Waals surface area (Å²) in [6, 6.07) is 8.09. The smallest absolute Gasteiger partial charge is 0.189 e.